The first-order chi connectivity index (χ1) is 6.07. The molecule has 70 valence electrons. The lowest BCUT2D eigenvalue weighted by atomic mass is 10.0. The van der Waals surface area contributed by atoms with Gasteiger partial charge in [-0.05, 0) is 0 Å². The standard InChI is InChI=1S/C9H13N3S/c1-9(2)3-7-6(5-13-9)4-11-8(10)12-7/h4H,3,5H2,1-2H3,(H2,10,11,12). The molecule has 1 aromatic rings. The van der Waals surface area contributed by atoms with Crippen molar-refractivity contribution in [3.8, 4) is 0 Å². The molecule has 2 rings (SSSR count). The maximum Gasteiger partial charge on any atom is 0.220 e. The summed E-state index contributed by atoms with van der Waals surface area (Å²) in [5.74, 6) is 1.39. The molecule has 0 saturated heterocycles. The van der Waals surface area contributed by atoms with Gasteiger partial charge in [0.05, 0.1) is 5.69 Å². The van der Waals surface area contributed by atoms with Gasteiger partial charge in [0.1, 0.15) is 0 Å². The summed E-state index contributed by atoms with van der Waals surface area (Å²) >= 11 is 1.95. The van der Waals surface area contributed by atoms with Crippen molar-refractivity contribution in [2.24, 2.45) is 0 Å². The number of hydrogen-bond donors (Lipinski definition) is 1. The van der Waals surface area contributed by atoms with Crippen LogP contribution in [0, 0.1) is 0 Å². The maximum atomic E-state index is 5.54. The molecule has 0 fully saturated rings. The minimum Gasteiger partial charge on any atom is -0.368 e. The van der Waals surface area contributed by atoms with Crippen LogP contribution in [0.5, 0.6) is 0 Å². The second-order valence-corrected chi connectivity index (χ2v) is 5.61. The highest BCUT2D eigenvalue weighted by molar-refractivity contribution is 7.99. The first-order valence-corrected chi connectivity index (χ1v) is 5.30. The van der Waals surface area contributed by atoms with E-state index in [1.54, 1.807) is 0 Å². The van der Waals surface area contributed by atoms with Crippen LogP contribution in [0.15, 0.2) is 6.20 Å². The van der Waals surface area contributed by atoms with E-state index in [0.29, 0.717) is 5.95 Å². The van der Waals surface area contributed by atoms with Crippen LogP contribution in [0.25, 0.3) is 0 Å². The number of aromatic nitrogens is 2. The smallest absolute Gasteiger partial charge is 0.220 e. The molecule has 0 aliphatic carbocycles. The predicted octanol–water partition coefficient (Wildman–Crippen LogP) is 1.63. The molecule has 0 atom stereocenters. The third-order valence-corrected chi connectivity index (χ3v) is 3.57. The number of rotatable bonds is 0. The molecule has 0 aromatic carbocycles. The van der Waals surface area contributed by atoms with Crippen molar-refractivity contribution in [1.82, 2.24) is 9.97 Å². The molecule has 0 spiro atoms. The highest BCUT2D eigenvalue weighted by Crippen LogP contribution is 2.36. The van der Waals surface area contributed by atoms with Gasteiger partial charge >= 0.3 is 0 Å². The number of thioether (sulfide) groups is 1. The average molecular weight is 195 g/mol. The van der Waals surface area contributed by atoms with Crippen molar-refractivity contribution in [3.63, 3.8) is 0 Å². The topological polar surface area (TPSA) is 51.8 Å². The van der Waals surface area contributed by atoms with Gasteiger partial charge in [-0.1, -0.05) is 13.8 Å². The number of nitrogen functional groups attached to an aromatic ring is 1. The van der Waals surface area contributed by atoms with Crippen molar-refractivity contribution in [3.05, 3.63) is 17.5 Å². The van der Waals surface area contributed by atoms with E-state index in [2.05, 4.69) is 23.8 Å². The molecule has 0 amide bonds. The first kappa shape index (κ1) is 8.81. The van der Waals surface area contributed by atoms with Crippen molar-refractivity contribution in [2.75, 3.05) is 5.73 Å². The Bertz CT molecular complexity index is 336. The monoisotopic (exact) mass is 195 g/mol. The number of nitrogens with two attached hydrogens (primary N) is 1. The van der Waals surface area contributed by atoms with Crippen LogP contribution < -0.4 is 5.73 Å². The molecular formula is C9H13N3S. The Balaban J connectivity index is 2.38. The van der Waals surface area contributed by atoms with Crippen molar-refractivity contribution < 1.29 is 0 Å². The fourth-order valence-corrected chi connectivity index (χ4v) is 2.48. The summed E-state index contributed by atoms with van der Waals surface area (Å²) in [6.45, 7) is 4.47. The van der Waals surface area contributed by atoms with Gasteiger partial charge in [0, 0.05) is 28.7 Å². The summed E-state index contributed by atoms with van der Waals surface area (Å²) in [4.78, 5) is 8.26. The van der Waals surface area contributed by atoms with E-state index in [1.807, 2.05) is 18.0 Å². The minimum atomic E-state index is 0.286. The molecule has 1 aliphatic heterocycles. The van der Waals surface area contributed by atoms with Crippen LogP contribution in [0.1, 0.15) is 25.1 Å². The third kappa shape index (κ3) is 1.77. The average Bonchev–Trinajstić information content (AvgIpc) is 2.01. The largest absolute Gasteiger partial charge is 0.368 e. The zero-order valence-corrected chi connectivity index (χ0v) is 8.69. The summed E-state index contributed by atoms with van der Waals surface area (Å²) in [5, 5.41) is 0. The van der Waals surface area contributed by atoms with Gasteiger partial charge in [0.15, 0.2) is 0 Å². The first-order valence-electron chi connectivity index (χ1n) is 4.31. The molecule has 13 heavy (non-hydrogen) atoms. The zero-order valence-electron chi connectivity index (χ0n) is 7.87. The Morgan fingerprint density at radius 2 is 2.31 bits per heavy atom. The highest BCUT2D eigenvalue weighted by atomic mass is 32.2. The SMILES string of the molecule is CC1(C)Cc2nc(N)ncc2CS1. The van der Waals surface area contributed by atoms with Gasteiger partial charge in [0.25, 0.3) is 0 Å². The molecule has 0 saturated carbocycles. The van der Waals surface area contributed by atoms with Gasteiger partial charge < -0.3 is 5.73 Å². The lowest BCUT2D eigenvalue weighted by molar-refractivity contribution is 0.675. The Morgan fingerprint density at radius 3 is 3.08 bits per heavy atom. The lowest BCUT2D eigenvalue weighted by Crippen LogP contribution is -2.25. The second-order valence-electron chi connectivity index (χ2n) is 3.93. The molecule has 3 nitrogen and oxygen atoms in total. The van der Waals surface area contributed by atoms with E-state index in [4.69, 9.17) is 5.73 Å². The van der Waals surface area contributed by atoms with Gasteiger partial charge in [-0.2, -0.15) is 11.8 Å². The number of nitrogens with zero attached hydrogens (tertiary/aromatic N) is 2. The van der Waals surface area contributed by atoms with Crippen LogP contribution in [0.3, 0.4) is 0 Å². The van der Waals surface area contributed by atoms with Crippen molar-refractivity contribution >= 4 is 17.7 Å². The molecule has 0 bridgehead atoms. The minimum absolute atomic E-state index is 0.286. The molecule has 0 unspecified atom stereocenters. The summed E-state index contributed by atoms with van der Waals surface area (Å²) in [6.07, 6.45) is 2.83. The Hall–Kier alpha value is -0.770. The summed E-state index contributed by atoms with van der Waals surface area (Å²) in [6, 6.07) is 0. The number of fused-ring (bicyclic) bond motifs is 1. The van der Waals surface area contributed by atoms with Crippen LogP contribution in [-0.4, -0.2) is 14.7 Å². The van der Waals surface area contributed by atoms with E-state index in [9.17, 15) is 0 Å². The Labute approximate surface area is 82.2 Å². The molecule has 1 aromatic heterocycles. The van der Waals surface area contributed by atoms with E-state index >= 15 is 0 Å². The summed E-state index contributed by atoms with van der Waals surface area (Å²) < 4.78 is 0.286. The van der Waals surface area contributed by atoms with E-state index < -0.39 is 0 Å². The Kier molecular flexibility index (Phi) is 1.95. The van der Waals surface area contributed by atoms with Crippen LogP contribution in [-0.2, 0) is 12.2 Å². The maximum absolute atomic E-state index is 5.54. The zero-order chi connectivity index (χ0) is 9.47. The molecule has 2 heterocycles. The van der Waals surface area contributed by atoms with Crippen molar-refractivity contribution in [1.29, 1.82) is 0 Å². The Morgan fingerprint density at radius 1 is 1.54 bits per heavy atom. The van der Waals surface area contributed by atoms with Crippen LogP contribution in [0.4, 0.5) is 5.95 Å². The summed E-state index contributed by atoms with van der Waals surface area (Å²) in [7, 11) is 0. The van der Waals surface area contributed by atoms with E-state index in [1.165, 1.54) is 5.56 Å². The van der Waals surface area contributed by atoms with Crippen LogP contribution in [0.2, 0.25) is 0 Å². The lowest BCUT2D eigenvalue weighted by Gasteiger charge is -2.29. The number of hydrogen-bond acceptors (Lipinski definition) is 4. The van der Waals surface area contributed by atoms with Crippen molar-refractivity contribution in [2.45, 2.75) is 30.8 Å². The highest BCUT2D eigenvalue weighted by Gasteiger charge is 2.26. The number of anilines is 1. The normalized spacial score (nSPS) is 19.5. The molecule has 4 heteroatoms. The van der Waals surface area contributed by atoms with E-state index in [-0.39, 0.29) is 4.75 Å². The fraction of sp³-hybridized carbons (Fsp3) is 0.556. The molecule has 2 N–H and O–H groups in total. The second kappa shape index (κ2) is 2.87. The predicted molar refractivity (Wildman–Crippen MR) is 55.5 cm³/mol. The van der Waals surface area contributed by atoms with Crippen LogP contribution >= 0.6 is 11.8 Å². The fourth-order valence-electron chi connectivity index (χ4n) is 1.46. The quantitative estimate of drug-likeness (QED) is 0.683. The van der Waals surface area contributed by atoms with Gasteiger partial charge in [-0.25, -0.2) is 9.97 Å². The molecular weight excluding hydrogens is 182 g/mol. The molecule has 1 aliphatic rings. The van der Waals surface area contributed by atoms with Gasteiger partial charge in [0.2, 0.25) is 5.95 Å². The van der Waals surface area contributed by atoms with E-state index in [0.717, 1.165) is 17.9 Å². The summed E-state index contributed by atoms with van der Waals surface area (Å²) in [5.41, 5.74) is 7.90. The van der Waals surface area contributed by atoms with Gasteiger partial charge in [-0.3, -0.25) is 0 Å². The molecule has 0 radical (unpaired) electrons. The van der Waals surface area contributed by atoms with Gasteiger partial charge in [-0.15, -0.1) is 0 Å². The third-order valence-electron chi connectivity index (χ3n) is 2.18.